The molecule has 0 aliphatic carbocycles. The smallest absolute Gasteiger partial charge is 0.231 e. The van der Waals surface area contributed by atoms with Gasteiger partial charge in [0.2, 0.25) is 5.91 Å². The SMILES string of the molecule is CCc1ccc(NC(=O)Cc2nc(-c3ccc(OC)cc3)c(C)s2)cc1. The molecule has 0 radical (unpaired) electrons. The van der Waals surface area contributed by atoms with Gasteiger partial charge in [-0.3, -0.25) is 4.79 Å². The van der Waals surface area contributed by atoms with Gasteiger partial charge in [0, 0.05) is 16.1 Å². The zero-order chi connectivity index (χ0) is 18.5. The number of ether oxygens (including phenoxy) is 1. The lowest BCUT2D eigenvalue weighted by molar-refractivity contribution is -0.115. The van der Waals surface area contributed by atoms with Gasteiger partial charge in [-0.2, -0.15) is 0 Å². The van der Waals surface area contributed by atoms with Crippen LogP contribution in [0.25, 0.3) is 11.3 Å². The molecule has 0 bridgehead atoms. The number of aryl methyl sites for hydroxylation is 2. The van der Waals surface area contributed by atoms with E-state index in [0.29, 0.717) is 0 Å². The predicted octanol–water partition coefficient (Wildman–Crippen LogP) is 4.87. The Kier molecular flexibility index (Phi) is 5.68. The molecule has 0 fully saturated rings. The fraction of sp³-hybridized carbons (Fsp3) is 0.238. The molecule has 1 N–H and O–H groups in total. The van der Waals surface area contributed by atoms with Crippen LogP contribution in [0.15, 0.2) is 48.5 Å². The number of hydrogen-bond acceptors (Lipinski definition) is 4. The van der Waals surface area contributed by atoms with E-state index in [2.05, 4.69) is 17.2 Å². The minimum atomic E-state index is -0.0516. The molecule has 5 heteroatoms. The van der Waals surface area contributed by atoms with Crippen LogP contribution in [-0.4, -0.2) is 18.0 Å². The van der Waals surface area contributed by atoms with Crippen molar-refractivity contribution in [1.82, 2.24) is 4.98 Å². The summed E-state index contributed by atoms with van der Waals surface area (Å²) in [5, 5.41) is 3.75. The number of methoxy groups -OCH3 is 1. The van der Waals surface area contributed by atoms with E-state index in [1.165, 1.54) is 5.56 Å². The maximum atomic E-state index is 12.3. The van der Waals surface area contributed by atoms with Gasteiger partial charge in [0.15, 0.2) is 0 Å². The lowest BCUT2D eigenvalue weighted by atomic mass is 10.1. The number of rotatable bonds is 6. The zero-order valence-electron chi connectivity index (χ0n) is 15.2. The summed E-state index contributed by atoms with van der Waals surface area (Å²) >= 11 is 1.56. The van der Waals surface area contributed by atoms with Crippen molar-refractivity contribution in [3.8, 4) is 17.0 Å². The van der Waals surface area contributed by atoms with E-state index in [0.717, 1.165) is 39.0 Å². The van der Waals surface area contributed by atoms with Crippen LogP contribution >= 0.6 is 11.3 Å². The number of amides is 1. The van der Waals surface area contributed by atoms with Crippen molar-refractivity contribution < 1.29 is 9.53 Å². The summed E-state index contributed by atoms with van der Waals surface area (Å²) in [6, 6.07) is 15.7. The highest BCUT2D eigenvalue weighted by Crippen LogP contribution is 2.29. The molecule has 1 amide bonds. The third-order valence-corrected chi connectivity index (χ3v) is 5.13. The van der Waals surface area contributed by atoms with Crippen LogP contribution in [0.2, 0.25) is 0 Å². The van der Waals surface area contributed by atoms with E-state index in [1.54, 1.807) is 18.4 Å². The number of nitrogens with one attached hydrogen (secondary N) is 1. The first-order chi connectivity index (χ1) is 12.6. The van der Waals surface area contributed by atoms with Gasteiger partial charge in [-0.15, -0.1) is 11.3 Å². The summed E-state index contributed by atoms with van der Waals surface area (Å²) in [6.07, 6.45) is 1.26. The molecule has 3 aromatic rings. The molecular formula is C21H22N2O2S. The van der Waals surface area contributed by atoms with E-state index in [4.69, 9.17) is 4.74 Å². The number of nitrogens with zero attached hydrogens (tertiary/aromatic N) is 1. The van der Waals surface area contributed by atoms with Gasteiger partial charge in [-0.25, -0.2) is 4.98 Å². The summed E-state index contributed by atoms with van der Waals surface area (Å²) in [5.41, 5.74) is 4.02. The maximum Gasteiger partial charge on any atom is 0.231 e. The van der Waals surface area contributed by atoms with Crippen molar-refractivity contribution in [2.75, 3.05) is 12.4 Å². The van der Waals surface area contributed by atoms with Crippen molar-refractivity contribution in [2.45, 2.75) is 26.7 Å². The summed E-state index contributed by atoms with van der Waals surface area (Å²) in [4.78, 5) is 18.1. The summed E-state index contributed by atoms with van der Waals surface area (Å²) in [5.74, 6) is 0.764. The molecule has 0 aliphatic rings. The Balaban J connectivity index is 1.68. The second kappa shape index (κ2) is 8.15. The Hall–Kier alpha value is -2.66. The highest BCUT2D eigenvalue weighted by atomic mass is 32.1. The van der Waals surface area contributed by atoms with Crippen LogP contribution in [0.3, 0.4) is 0 Å². The van der Waals surface area contributed by atoms with Gasteiger partial charge in [0.1, 0.15) is 10.8 Å². The summed E-state index contributed by atoms with van der Waals surface area (Å²) < 4.78 is 5.19. The van der Waals surface area contributed by atoms with Crippen LogP contribution < -0.4 is 10.1 Å². The standard InChI is InChI=1S/C21H22N2O2S/c1-4-15-5-9-17(10-6-15)22-19(24)13-20-23-21(14(2)26-20)16-7-11-18(25-3)12-8-16/h5-12H,4,13H2,1-3H3,(H,22,24). The number of thiazole rings is 1. The highest BCUT2D eigenvalue weighted by molar-refractivity contribution is 7.12. The first-order valence-electron chi connectivity index (χ1n) is 8.58. The predicted molar refractivity (Wildman–Crippen MR) is 107 cm³/mol. The normalized spacial score (nSPS) is 10.6. The largest absolute Gasteiger partial charge is 0.497 e. The number of carbonyl (C=O) groups is 1. The molecule has 1 heterocycles. The average molecular weight is 366 g/mol. The van der Waals surface area contributed by atoms with E-state index < -0.39 is 0 Å². The minimum absolute atomic E-state index is 0.0516. The number of aromatic nitrogens is 1. The highest BCUT2D eigenvalue weighted by Gasteiger charge is 2.13. The average Bonchev–Trinajstić information content (AvgIpc) is 3.02. The van der Waals surface area contributed by atoms with E-state index in [1.807, 2.05) is 55.5 Å². The van der Waals surface area contributed by atoms with Crippen molar-refractivity contribution in [3.05, 3.63) is 64.0 Å². The lowest BCUT2D eigenvalue weighted by Crippen LogP contribution is -2.14. The maximum absolute atomic E-state index is 12.3. The van der Waals surface area contributed by atoms with Gasteiger partial charge in [-0.1, -0.05) is 19.1 Å². The molecule has 0 saturated heterocycles. The van der Waals surface area contributed by atoms with Crippen LogP contribution in [-0.2, 0) is 17.6 Å². The molecule has 1 aromatic heterocycles. The van der Waals surface area contributed by atoms with Gasteiger partial charge in [-0.05, 0) is 55.3 Å². The molecule has 134 valence electrons. The van der Waals surface area contributed by atoms with Gasteiger partial charge < -0.3 is 10.1 Å². The first-order valence-corrected chi connectivity index (χ1v) is 9.40. The minimum Gasteiger partial charge on any atom is -0.497 e. The second-order valence-corrected chi connectivity index (χ2v) is 7.30. The number of hydrogen-bond donors (Lipinski definition) is 1. The van der Waals surface area contributed by atoms with Gasteiger partial charge in [0.05, 0.1) is 19.2 Å². The van der Waals surface area contributed by atoms with Crippen molar-refractivity contribution in [3.63, 3.8) is 0 Å². The molecule has 0 unspecified atom stereocenters. The Morgan fingerprint density at radius 3 is 2.42 bits per heavy atom. The third kappa shape index (κ3) is 4.29. The van der Waals surface area contributed by atoms with Crippen LogP contribution in [0.4, 0.5) is 5.69 Å². The lowest BCUT2D eigenvalue weighted by Gasteiger charge is -2.05. The van der Waals surface area contributed by atoms with Crippen LogP contribution in [0, 0.1) is 6.92 Å². The van der Waals surface area contributed by atoms with Crippen molar-refractivity contribution >= 4 is 22.9 Å². The molecule has 0 saturated carbocycles. The zero-order valence-corrected chi connectivity index (χ0v) is 16.0. The topological polar surface area (TPSA) is 51.2 Å². The molecule has 2 aromatic carbocycles. The second-order valence-electron chi connectivity index (χ2n) is 6.02. The Labute approximate surface area is 157 Å². The molecule has 0 spiro atoms. The number of benzene rings is 2. The van der Waals surface area contributed by atoms with E-state index in [-0.39, 0.29) is 12.3 Å². The van der Waals surface area contributed by atoms with Gasteiger partial charge >= 0.3 is 0 Å². The van der Waals surface area contributed by atoms with E-state index in [9.17, 15) is 4.79 Å². The Morgan fingerprint density at radius 2 is 1.81 bits per heavy atom. The third-order valence-electron chi connectivity index (χ3n) is 4.16. The molecule has 0 aliphatic heterocycles. The van der Waals surface area contributed by atoms with Crippen molar-refractivity contribution in [2.24, 2.45) is 0 Å². The van der Waals surface area contributed by atoms with Crippen molar-refractivity contribution in [1.29, 1.82) is 0 Å². The summed E-state index contributed by atoms with van der Waals surface area (Å²) in [7, 11) is 1.65. The first kappa shape index (κ1) is 18.1. The Bertz CT molecular complexity index is 883. The van der Waals surface area contributed by atoms with Gasteiger partial charge in [0.25, 0.3) is 0 Å². The number of carbonyl (C=O) groups excluding carboxylic acids is 1. The molecule has 4 nitrogen and oxygen atoms in total. The molecule has 26 heavy (non-hydrogen) atoms. The number of anilines is 1. The molecule has 0 atom stereocenters. The van der Waals surface area contributed by atoms with Crippen LogP contribution in [0.1, 0.15) is 22.4 Å². The molecule has 3 rings (SSSR count). The summed E-state index contributed by atoms with van der Waals surface area (Å²) in [6.45, 7) is 4.14. The molecular weight excluding hydrogens is 344 g/mol. The fourth-order valence-electron chi connectivity index (χ4n) is 2.71. The monoisotopic (exact) mass is 366 g/mol. The Morgan fingerprint density at radius 1 is 1.12 bits per heavy atom. The van der Waals surface area contributed by atoms with E-state index >= 15 is 0 Å². The fourth-order valence-corrected chi connectivity index (χ4v) is 3.66. The van der Waals surface area contributed by atoms with Crippen LogP contribution in [0.5, 0.6) is 5.75 Å². The quantitative estimate of drug-likeness (QED) is 0.677.